The van der Waals surface area contributed by atoms with Crippen LogP contribution in [0.1, 0.15) is 0 Å². The van der Waals surface area contributed by atoms with Gasteiger partial charge in [-0.05, 0) is 107 Å². The molecule has 11 aromatic rings. The standard InChI is InChI=1S/C52H35N3/c1-3-14-36(15-4-1)38-17-13-20-42(34-38)53(43-31-33-50-47(35-43)45-22-9-11-24-48(45)54(50)39-18-5-2-6-19-39)40-27-29-41(30-28-40)55-49-25-12-10-23-46(49)52-44-21-8-7-16-37(44)26-32-51(52)55/h1-35H. The molecule has 0 fully saturated rings. The predicted octanol–water partition coefficient (Wildman–Crippen LogP) is 14.2. The zero-order valence-corrected chi connectivity index (χ0v) is 30.0. The van der Waals surface area contributed by atoms with Crippen LogP contribution < -0.4 is 4.90 Å². The molecule has 3 heteroatoms. The molecule has 0 amide bonds. The maximum absolute atomic E-state index is 2.41. The molecule has 258 valence electrons. The third-order valence-electron chi connectivity index (χ3n) is 11.1. The van der Waals surface area contributed by atoms with Crippen LogP contribution in [0.15, 0.2) is 212 Å². The first kappa shape index (κ1) is 31.2. The summed E-state index contributed by atoms with van der Waals surface area (Å²) >= 11 is 0. The lowest BCUT2D eigenvalue weighted by Gasteiger charge is -2.26. The first-order valence-corrected chi connectivity index (χ1v) is 18.9. The number of benzene rings is 9. The van der Waals surface area contributed by atoms with Crippen LogP contribution in [-0.4, -0.2) is 9.13 Å². The van der Waals surface area contributed by atoms with Crippen molar-refractivity contribution in [1.82, 2.24) is 9.13 Å². The van der Waals surface area contributed by atoms with Gasteiger partial charge in [0, 0.05) is 50.0 Å². The maximum atomic E-state index is 2.41. The average Bonchev–Trinajstić information content (AvgIpc) is 3.78. The Kier molecular flexibility index (Phi) is 7.17. The Morgan fingerprint density at radius 1 is 0.291 bits per heavy atom. The molecule has 3 nitrogen and oxygen atoms in total. The fraction of sp³-hybridized carbons (Fsp3) is 0. The van der Waals surface area contributed by atoms with Crippen molar-refractivity contribution in [1.29, 1.82) is 0 Å². The van der Waals surface area contributed by atoms with Crippen molar-refractivity contribution in [2.75, 3.05) is 4.90 Å². The van der Waals surface area contributed by atoms with Crippen LogP contribution in [0.3, 0.4) is 0 Å². The third-order valence-corrected chi connectivity index (χ3v) is 11.1. The number of para-hydroxylation sites is 3. The van der Waals surface area contributed by atoms with E-state index in [1.54, 1.807) is 0 Å². The van der Waals surface area contributed by atoms with E-state index in [-0.39, 0.29) is 0 Å². The molecule has 0 saturated heterocycles. The van der Waals surface area contributed by atoms with Gasteiger partial charge in [-0.2, -0.15) is 0 Å². The minimum absolute atomic E-state index is 1.09. The minimum atomic E-state index is 1.09. The van der Waals surface area contributed by atoms with Gasteiger partial charge in [0.05, 0.1) is 22.1 Å². The molecule has 11 rings (SSSR count). The molecule has 55 heavy (non-hydrogen) atoms. The van der Waals surface area contributed by atoms with E-state index in [4.69, 9.17) is 0 Å². The number of rotatable bonds is 6. The summed E-state index contributed by atoms with van der Waals surface area (Å²) < 4.78 is 4.78. The first-order valence-electron chi connectivity index (χ1n) is 18.9. The number of anilines is 3. The van der Waals surface area contributed by atoms with E-state index in [0.29, 0.717) is 0 Å². The van der Waals surface area contributed by atoms with Gasteiger partial charge < -0.3 is 14.0 Å². The van der Waals surface area contributed by atoms with E-state index in [2.05, 4.69) is 226 Å². The van der Waals surface area contributed by atoms with Crippen molar-refractivity contribution in [3.05, 3.63) is 212 Å². The van der Waals surface area contributed by atoms with Gasteiger partial charge in [-0.3, -0.25) is 0 Å². The number of fused-ring (bicyclic) bond motifs is 8. The zero-order chi connectivity index (χ0) is 36.3. The Bertz CT molecular complexity index is 3190. The van der Waals surface area contributed by atoms with Crippen molar-refractivity contribution in [3.8, 4) is 22.5 Å². The van der Waals surface area contributed by atoms with Gasteiger partial charge in [0.2, 0.25) is 0 Å². The van der Waals surface area contributed by atoms with Gasteiger partial charge in [0.15, 0.2) is 0 Å². The highest BCUT2D eigenvalue weighted by Gasteiger charge is 2.19. The van der Waals surface area contributed by atoms with Crippen LogP contribution in [0.5, 0.6) is 0 Å². The van der Waals surface area contributed by atoms with Gasteiger partial charge in [0.25, 0.3) is 0 Å². The second-order valence-corrected chi connectivity index (χ2v) is 14.2. The van der Waals surface area contributed by atoms with Gasteiger partial charge in [-0.1, -0.05) is 127 Å². The van der Waals surface area contributed by atoms with Crippen molar-refractivity contribution in [3.63, 3.8) is 0 Å². The number of hydrogen-bond acceptors (Lipinski definition) is 1. The summed E-state index contributed by atoms with van der Waals surface area (Å²) in [6.07, 6.45) is 0. The van der Waals surface area contributed by atoms with Crippen molar-refractivity contribution >= 4 is 71.4 Å². The summed E-state index contributed by atoms with van der Waals surface area (Å²) in [4.78, 5) is 2.39. The van der Waals surface area contributed by atoms with Crippen molar-refractivity contribution in [2.24, 2.45) is 0 Å². The van der Waals surface area contributed by atoms with Crippen LogP contribution in [-0.2, 0) is 0 Å². The molecular formula is C52H35N3. The molecule has 0 atom stereocenters. The SMILES string of the molecule is c1ccc(-c2cccc(N(c3ccc(-n4c5ccccc5c5c6ccccc6ccc54)cc3)c3ccc4c(c3)c3ccccc3n4-c3ccccc3)c2)cc1. The van der Waals surface area contributed by atoms with Gasteiger partial charge in [-0.15, -0.1) is 0 Å². The second-order valence-electron chi connectivity index (χ2n) is 14.2. The van der Waals surface area contributed by atoms with Crippen LogP contribution in [0.2, 0.25) is 0 Å². The molecule has 2 aromatic heterocycles. The Labute approximate surface area is 319 Å². The largest absolute Gasteiger partial charge is 0.310 e. The molecule has 0 radical (unpaired) electrons. The zero-order valence-electron chi connectivity index (χ0n) is 30.0. The number of nitrogens with zero attached hydrogens (tertiary/aromatic N) is 3. The third kappa shape index (κ3) is 5.05. The molecule has 0 unspecified atom stereocenters. The quantitative estimate of drug-likeness (QED) is 0.168. The van der Waals surface area contributed by atoms with Crippen LogP contribution in [0, 0.1) is 0 Å². The second kappa shape index (κ2) is 12.6. The fourth-order valence-electron chi connectivity index (χ4n) is 8.63. The number of aromatic nitrogens is 2. The maximum Gasteiger partial charge on any atom is 0.0547 e. The van der Waals surface area contributed by atoms with Crippen molar-refractivity contribution < 1.29 is 0 Å². The molecule has 9 aromatic carbocycles. The summed E-state index contributed by atoms with van der Waals surface area (Å²) in [5.74, 6) is 0. The lowest BCUT2D eigenvalue weighted by molar-refractivity contribution is 1.17. The van der Waals surface area contributed by atoms with Crippen LogP contribution in [0.25, 0.3) is 76.9 Å². The van der Waals surface area contributed by atoms with Crippen molar-refractivity contribution in [2.45, 2.75) is 0 Å². The molecule has 0 aliphatic heterocycles. The Morgan fingerprint density at radius 2 is 0.836 bits per heavy atom. The highest BCUT2D eigenvalue weighted by atomic mass is 15.1. The van der Waals surface area contributed by atoms with E-state index >= 15 is 0 Å². The Hall–Kier alpha value is -7.36. The molecule has 0 aliphatic rings. The van der Waals surface area contributed by atoms with E-state index in [1.807, 2.05) is 0 Å². The molecular weight excluding hydrogens is 667 g/mol. The lowest BCUT2D eigenvalue weighted by atomic mass is 10.0. The smallest absolute Gasteiger partial charge is 0.0547 e. The molecule has 2 heterocycles. The molecule has 0 spiro atoms. The van der Waals surface area contributed by atoms with E-state index in [1.165, 1.54) is 65.5 Å². The van der Waals surface area contributed by atoms with Gasteiger partial charge >= 0.3 is 0 Å². The summed E-state index contributed by atoms with van der Waals surface area (Å²) in [5, 5.41) is 7.54. The fourth-order valence-corrected chi connectivity index (χ4v) is 8.63. The minimum Gasteiger partial charge on any atom is -0.310 e. The Morgan fingerprint density at radius 3 is 1.64 bits per heavy atom. The predicted molar refractivity (Wildman–Crippen MR) is 233 cm³/mol. The molecule has 0 bridgehead atoms. The van der Waals surface area contributed by atoms with E-state index < -0.39 is 0 Å². The van der Waals surface area contributed by atoms with Gasteiger partial charge in [-0.25, -0.2) is 0 Å². The average molecular weight is 702 g/mol. The first-order chi connectivity index (χ1) is 27.3. The molecule has 0 N–H and O–H groups in total. The molecule has 0 aliphatic carbocycles. The summed E-state index contributed by atoms with van der Waals surface area (Å²) in [5.41, 5.74) is 12.7. The topological polar surface area (TPSA) is 13.1 Å². The van der Waals surface area contributed by atoms with Gasteiger partial charge in [0.1, 0.15) is 0 Å². The highest BCUT2D eigenvalue weighted by Crippen LogP contribution is 2.42. The van der Waals surface area contributed by atoms with E-state index in [0.717, 1.165) is 28.4 Å². The highest BCUT2D eigenvalue weighted by molar-refractivity contribution is 6.21. The lowest BCUT2D eigenvalue weighted by Crippen LogP contribution is -2.10. The molecule has 0 saturated carbocycles. The monoisotopic (exact) mass is 701 g/mol. The van der Waals surface area contributed by atoms with E-state index in [9.17, 15) is 0 Å². The summed E-state index contributed by atoms with van der Waals surface area (Å²) in [7, 11) is 0. The number of hydrogen-bond donors (Lipinski definition) is 0. The summed E-state index contributed by atoms with van der Waals surface area (Å²) in [6, 6.07) is 76.9. The summed E-state index contributed by atoms with van der Waals surface area (Å²) in [6.45, 7) is 0. The van der Waals surface area contributed by atoms with Crippen LogP contribution >= 0.6 is 0 Å². The van der Waals surface area contributed by atoms with Crippen LogP contribution in [0.4, 0.5) is 17.1 Å². The normalized spacial score (nSPS) is 11.6. The Balaban J connectivity index is 1.10.